The predicted octanol–water partition coefficient (Wildman–Crippen LogP) is 5.85. The molecule has 3 rings (SSSR count). The van der Waals surface area contributed by atoms with Gasteiger partial charge in [-0.25, -0.2) is 0 Å². The summed E-state index contributed by atoms with van der Waals surface area (Å²) in [7, 11) is 0. The quantitative estimate of drug-likeness (QED) is 0.501. The van der Waals surface area contributed by atoms with Crippen LogP contribution in [0.15, 0.2) is 72.8 Å². The highest BCUT2D eigenvalue weighted by Gasteiger charge is 2.30. The first-order valence-electron chi connectivity index (χ1n) is 9.18. The number of alkyl halides is 3. The van der Waals surface area contributed by atoms with Crippen molar-refractivity contribution < 1.29 is 32.5 Å². The SMILES string of the molecule is O=C(O)CCc1cc(-c2ccc(OC(F)(F)F)cc2)ccc1OCc1ccccc1. The summed E-state index contributed by atoms with van der Waals surface area (Å²) in [4.78, 5) is 11.0. The van der Waals surface area contributed by atoms with Crippen LogP contribution >= 0.6 is 0 Å². The Morgan fingerprint density at radius 2 is 1.57 bits per heavy atom. The predicted molar refractivity (Wildman–Crippen MR) is 105 cm³/mol. The van der Waals surface area contributed by atoms with Gasteiger partial charge in [0.2, 0.25) is 0 Å². The zero-order valence-corrected chi connectivity index (χ0v) is 15.9. The molecular formula is C23H19F3O4. The highest BCUT2D eigenvalue weighted by Crippen LogP contribution is 2.30. The molecule has 0 aliphatic rings. The van der Waals surface area contributed by atoms with Crippen LogP contribution in [0.2, 0.25) is 0 Å². The van der Waals surface area contributed by atoms with Crippen LogP contribution < -0.4 is 9.47 Å². The standard InChI is InChI=1S/C23H19F3O4/c24-23(25,26)30-20-10-6-17(7-11-20)18-8-12-21(19(14-18)9-13-22(27)28)29-15-16-4-2-1-3-5-16/h1-8,10-12,14H,9,13,15H2,(H,27,28). The van der Waals surface area contributed by atoms with E-state index in [0.29, 0.717) is 23.5 Å². The number of hydrogen-bond donors (Lipinski definition) is 1. The van der Waals surface area contributed by atoms with Gasteiger partial charge in [-0.15, -0.1) is 13.2 Å². The Kier molecular flexibility index (Phi) is 6.61. The van der Waals surface area contributed by atoms with Gasteiger partial charge in [0.1, 0.15) is 18.1 Å². The minimum atomic E-state index is -4.75. The average molecular weight is 416 g/mol. The van der Waals surface area contributed by atoms with Gasteiger partial charge < -0.3 is 14.6 Å². The number of rotatable bonds is 8. The fourth-order valence-corrected chi connectivity index (χ4v) is 2.92. The van der Waals surface area contributed by atoms with Crippen molar-refractivity contribution in [1.29, 1.82) is 0 Å². The number of benzene rings is 3. The number of carbonyl (C=O) groups is 1. The largest absolute Gasteiger partial charge is 0.573 e. The van der Waals surface area contributed by atoms with E-state index in [0.717, 1.165) is 11.1 Å². The maximum atomic E-state index is 12.3. The van der Waals surface area contributed by atoms with Crippen molar-refractivity contribution in [3.05, 3.63) is 83.9 Å². The summed E-state index contributed by atoms with van der Waals surface area (Å²) >= 11 is 0. The van der Waals surface area contributed by atoms with Crippen molar-refractivity contribution in [2.75, 3.05) is 0 Å². The molecule has 0 bridgehead atoms. The van der Waals surface area contributed by atoms with Gasteiger partial charge in [0.25, 0.3) is 0 Å². The van der Waals surface area contributed by atoms with E-state index in [1.807, 2.05) is 30.3 Å². The van der Waals surface area contributed by atoms with Crippen LogP contribution in [0.3, 0.4) is 0 Å². The molecule has 4 nitrogen and oxygen atoms in total. The van der Waals surface area contributed by atoms with Gasteiger partial charge in [0.05, 0.1) is 0 Å². The molecule has 3 aromatic carbocycles. The van der Waals surface area contributed by atoms with Crippen molar-refractivity contribution in [3.8, 4) is 22.6 Å². The Balaban J connectivity index is 1.81. The summed E-state index contributed by atoms with van der Waals surface area (Å²) in [6.07, 6.45) is -4.55. The van der Waals surface area contributed by atoms with Gasteiger partial charge >= 0.3 is 12.3 Å². The van der Waals surface area contributed by atoms with Crippen molar-refractivity contribution in [2.45, 2.75) is 25.8 Å². The van der Waals surface area contributed by atoms with E-state index in [1.54, 1.807) is 18.2 Å². The molecule has 156 valence electrons. The summed E-state index contributed by atoms with van der Waals surface area (Å²) in [6, 6.07) is 20.4. The van der Waals surface area contributed by atoms with Crippen molar-refractivity contribution in [1.82, 2.24) is 0 Å². The van der Waals surface area contributed by atoms with Gasteiger partial charge in [0.15, 0.2) is 0 Å². The summed E-state index contributed by atoms with van der Waals surface area (Å²) < 4.78 is 46.7. The number of carboxylic acids is 1. The Hall–Kier alpha value is -3.48. The second-order valence-corrected chi connectivity index (χ2v) is 6.56. The van der Waals surface area contributed by atoms with Crippen LogP contribution in [0.25, 0.3) is 11.1 Å². The molecule has 0 aliphatic heterocycles. The molecule has 0 fully saturated rings. The smallest absolute Gasteiger partial charge is 0.489 e. The van der Waals surface area contributed by atoms with Gasteiger partial charge in [-0.05, 0) is 52.9 Å². The lowest BCUT2D eigenvalue weighted by Crippen LogP contribution is -2.16. The Labute approximate surface area is 171 Å². The molecule has 0 atom stereocenters. The minimum absolute atomic E-state index is 0.0660. The summed E-state index contributed by atoms with van der Waals surface area (Å²) in [6.45, 7) is 0.337. The van der Waals surface area contributed by atoms with Crippen molar-refractivity contribution >= 4 is 5.97 Å². The first-order valence-corrected chi connectivity index (χ1v) is 9.18. The molecule has 7 heteroatoms. The van der Waals surface area contributed by atoms with E-state index >= 15 is 0 Å². The number of aliphatic carboxylic acids is 1. The number of halogens is 3. The molecule has 30 heavy (non-hydrogen) atoms. The lowest BCUT2D eigenvalue weighted by Gasteiger charge is -2.14. The second-order valence-electron chi connectivity index (χ2n) is 6.56. The fourth-order valence-electron chi connectivity index (χ4n) is 2.92. The molecule has 3 aromatic rings. The van der Waals surface area contributed by atoms with Crippen LogP contribution in [-0.4, -0.2) is 17.4 Å². The molecule has 1 N–H and O–H groups in total. The van der Waals surface area contributed by atoms with Crippen LogP contribution in [0.5, 0.6) is 11.5 Å². The third-order valence-electron chi connectivity index (χ3n) is 4.33. The van der Waals surface area contributed by atoms with Crippen LogP contribution in [0, 0.1) is 0 Å². The molecule has 0 aliphatic carbocycles. The molecular weight excluding hydrogens is 397 g/mol. The van der Waals surface area contributed by atoms with Crippen molar-refractivity contribution in [3.63, 3.8) is 0 Å². The molecule has 0 spiro atoms. The molecule has 0 saturated carbocycles. The highest BCUT2D eigenvalue weighted by molar-refractivity contribution is 5.69. The topological polar surface area (TPSA) is 55.8 Å². The van der Waals surface area contributed by atoms with Crippen LogP contribution in [0.4, 0.5) is 13.2 Å². The van der Waals surface area contributed by atoms with Gasteiger partial charge in [0, 0.05) is 6.42 Å². The summed E-state index contributed by atoms with van der Waals surface area (Å²) in [5.41, 5.74) is 3.10. The zero-order valence-electron chi connectivity index (χ0n) is 15.9. The zero-order chi connectivity index (χ0) is 21.6. The molecule has 0 heterocycles. The number of carboxylic acid groups (broad SMARTS) is 1. The maximum absolute atomic E-state index is 12.3. The third-order valence-corrected chi connectivity index (χ3v) is 4.33. The Morgan fingerprint density at radius 1 is 0.900 bits per heavy atom. The van der Waals surface area contributed by atoms with Gasteiger partial charge in [-0.2, -0.15) is 0 Å². The molecule has 0 radical (unpaired) electrons. The third kappa shape index (κ3) is 6.27. The van der Waals surface area contributed by atoms with Gasteiger partial charge in [-0.1, -0.05) is 48.5 Å². The van der Waals surface area contributed by atoms with E-state index in [-0.39, 0.29) is 18.6 Å². The summed E-state index contributed by atoms with van der Waals surface area (Å²) in [5, 5.41) is 9.04. The summed E-state index contributed by atoms with van der Waals surface area (Å²) in [5.74, 6) is -0.663. The van der Waals surface area contributed by atoms with E-state index in [1.165, 1.54) is 24.3 Å². The van der Waals surface area contributed by atoms with Gasteiger partial charge in [-0.3, -0.25) is 4.79 Å². The van der Waals surface area contributed by atoms with E-state index in [4.69, 9.17) is 9.84 Å². The fraction of sp³-hybridized carbons (Fsp3) is 0.174. The highest BCUT2D eigenvalue weighted by atomic mass is 19.4. The van der Waals surface area contributed by atoms with E-state index in [2.05, 4.69) is 4.74 Å². The molecule has 0 unspecified atom stereocenters. The average Bonchev–Trinajstić information content (AvgIpc) is 2.71. The Bertz CT molecular complexity index is 984. The van der Waals surface area contributed by atoms with E-state index < -0.39 is 12.3 Å². The maximum Gasteiger partial charge on any atom is 0.573 e. The molecule has 0 aromatic heterocycles. The number of hydrogen-bond acceptors (Lipinski definition) is 3. The lowest BCUT2D eigenvalue weighted by molar-refractivity contribution is -0.274. The second kappa shape index (κ2) is 9.35. The van der Waals surface area contributed by atoms with Crippen molar-refractivity contribution in [2.24, 2.45) is 0 Å². The molecule has 0 saturated heterocycles. The first-order chi connectivity index (χ1) is 14.3. The van der Waals surface area contributed by atoms with Crippen LogP contribution in [-0.2, 0) is 17.8 Å². The Morgan fingerprint density at radius 3 is 2.20 bits per heavy atom. The number of ether oxygens (including phenoxy) is 2. The van der Waals surface area contributed by atoms with E-state index in [9.17, 15) is 18.0 Å². The van der Waals surface area contributed by atoms with Crippen LogP contribution in [0.1, 0.15) is 17.5 Å². The lowest BCUT2D eigenvalue weighted by atomic mass is 10.00. The minimum Gasteiger partial charge on any atom is -0.489 e. The first kappa shape index (κ1) is 21.2. The monoisotopic (exact) mass is 416 g/mol. The number of aryl methyl sites for hydroxylation is 1. The normalized spacial score (nSPS) is 11.2. The molecule has 0 amide bonds.